The number of halogens is 1. The highest BCUT2D eigenvalue weighted by atomic mass is 35.5. The van der Waals surface area contributed by atoms with E-state index in [1.54, 1.807) is 0 Å². The summed E-state index contributed by atoms with van der Waals surface area (Å²) in [6.45, 7) is 3.92. The molecule has 0 nitrogen and oxygen atoms in total. The first-order valence-electron chi connectivity index (χ1n) is 5.53. The highest BCUT2D eigenvalue weighted by Gasteiger charge is 2.06. The molecule has 3 rings (SSSR count). The summed E-state index contributed by atoms with van der Waals surface area (Å²) in [6, 6.07) is 16.4. The Hall–Kier alpha value is -1.79. The quantitative estimate of drug-likeness (QED) is 0.506. The Labute approximate surface area is 105 Å². The molecule has 0 saturated heterocycles. The first-order valence-corrected chi connectivity index (χ1v) is 5.91. The van der Waals surface area contributed by atoms with Crippen LogP contribution in [0.25, 0.3) is 27.6 Å². The van der Waals surface area contributed by atoms with Crippen LogP contribution >= 0.6 is 11.6 Å². The second-order valence-corrected chi connectivity index (χ2v) is 4.46. The molecule has 0 bridgehead atoms. The third kappa shape index (κ3) is 1.53. The van der Waals surface area contributed by atoms with E-state index >= 15 is 0 Å². The Bertz CT molecular complexity index is 726. The van der Waals surface area contributed by atoms with Crippen LogP contribution in [0.1, 0.15) is 5.56 Å². The first-order chi connectivity index (χ1) is 8.31. The maximum absolute atomic E-state index is 6.25. The van der Waals surface area contributed by atoms with Crippen molar-refractivity contribution in [2.24, 2.45) is 0 Å². The molecule has 0 radical (unpaired) electrons. The standard InChI is InChI=1S/C16H11Cl/c1-2-12-13-7-4-3-6-11(13)10-15-14(12)8-5-9-16(15)17/h2-10H,1H2. The third-order valence-electron chi connectivity index (χ3n) is 3.10. The van der Waals surface area contributed by atoms with Crippen LogP contribution in [0.2, 0.25) is 5.02 Å². The lowest BCUT2D eigenvalue weighted by Gasteiger charge is -2.09. The Morgan fingerprint density at radius 3 is 2.47 bits per heavy atom. The first kappa shape index (κ1) is 10.4. The molecule has 0 amide bonds. The molecule has 3 aromatic rings. The zero-order valence-corrected chi connectivity index (χ0v) is 10.0. The number of rotatable bonds is 1. The average Bonchev–Trinajstić information content (AvgIpc) is 2.37. The lowest BCUT2D eigenvalue weighted by atomic mass is 9.97. The summed E-state index contributed by atoms with van der Waals surface area (Å²) in [5.41, 5.74) is 1.15. The van der Waals surface area contributed by atoms with Gasteiger partial charge in [-0.25, -0.2) is 0 Å². The second-order valence-electron chi connectivity index (χ2n) is 4.05. The van der Waals surface area contributed by atoms with E-state index in [4.69, 9.17) is 11.6 Å². The molecule has 1 heteroatoms. The van der Waals surface area contributed by atoms with E-state index in [0.717, 1.165) is 21.4 Å². The summed E-state index contributed by atoms with van der Waals surface area (Å²) >= 11 is 6.25. The molecule has 0 saturated carbocycles. The van der Waals surface area contributed by atoms with Crippen molar-refractivity contribution < 1.29 is 0 Å². The molecule has 0 spiro atoms. The molecule has 0 unspecified atom stereocenters. The Kier molecular flexibility index (Phi) is 2.38. The fraction of sp³-hybridized carbons (Fsp3) is 0. The molecule has 0 fully saturated rings. The van der Waals surface area contributed by atoms with E-state index in [2.05, 4.69) is 30.8 Å². The highest BCUT2D eigenvalue weighted by Crippen LogP contribution is 2.32. The van der Waals surface area contributed by atoms with Crippen LogP contribution in [-0.4, -0.2) is 0 Å². The van der Waals surface area contributed by atoms with Crippen molar-refractivity contribution in [2.45, 2.75) is 0 Å². The van der Waals surface area contributed by atoms with Gasteiger partial charge >= 0.3 is 0 Å². The molecule has 3 aromatic carbocycles. The molecule has 17 heavy (non-hydrogen) atoms. The van der Waals surface area contributed by atoms with Gasteiger partial charge in [0.15, 0.2) is 0 Å². The number of hydrogen-bond acceptors (Lipinski definition) is 0. The monoisotopic (exact) mass is 238 g/mol. The van der Waals surface area contributed by atoms with Crippen LogP contribution < -0.4 is 0 Å². The van der Waals surface area contributed by atoms with Gasteiger partial charge in [0.1, 0.15) is 0 Å². The van der Waals surface area contributed by atoms with E-state index in [0.29, 0.717) is 0 Å². The predicted octanol–water partition coefficient (Wildman–Crippen LogP) is 5.29. The van der Waals surface area contributed by atoms with Crippen molar-refractivity contribution in [1.82, 2.24) is 0 Å². The van der Waals surface area contributed by atoms with Gasteiger partial charge in [-0.3, -0.25) is 0 Å². The fourth-order valence-corrected chi connectivity index (χ4v) is 2.54. The second kappa shape index (κ2) is 3.90. The van der Waals surface area contributed by atoms with Crippen molar-refractivity contribution in [3.63, 3.8) is 0 Å². The van der Waals surface area contributed by atoms with Gasteiger partial charge < -0.3 is 0 Å². The van der Waals surface area contributed by atoms with E-state index < -0.39 is 0 Å². The molecular formula is C16H11Cl. The lowest BCUT2D eigenvalue weighted by molar-refractivity contribution is 1.74. The third-order valence-corrected chi connectivity index (χ3v) is 3.43. The summed E-state index contributed by atoms with van der Waals surface area (Å²) in [5.74, 6) is 0. The van der Waals surface area contributed by atoms with E-state index in [1.807, 2.05) is 30.3 Å². The van der Waals surface area contributed by atoms with Gasteiger partial charge in [0.05, 0.1) is 0 Å². The van der Waals surface area contributed by atoms with E-state index in [9.17, 15) is 0 Å². The number of hydrogen-bond donors (Lipinski definition) is 0. The number of fused-ring (bicyclic) bond motifs is 2. The van der Waals surface area contributed by atoms with Crippen molar-refractivity contribution in [3.8, 4) is 0 Å². The molecule has 0 N–H and O–H groups in total. The van der Waals surface area contributed by atoms with Gasteiger partial charge in [0.2, 0.25) is 0 Å². The molecule has 0 atom stereocenters. The Morgan fingerprint density at radius 2 is 1.65 bits per heavy atom. The predicted molar refractivity (Wildman–Crippen MR) is 76.6 cm³/mol. The molecule has 0 aromatic heterocycles. The van der Waals surface area contributed by atoms with E-state index in [1.165, 1.54) is 10.8 Å². The van der Waals surface area contributed by atoms with Crippen molar-refractivity contribution in [1.29, 1.82) is 0 Å². The van der Waals surface area contributed by atoms with Gasteiger partial charge in [-0.1, -0.05) is 60.7 Å². The van der Waals surface area contributed by atoms with Crippen LogP contribution in [-0.2, 0) is 0 Å². The zero-order valence-electron chi connectivity index (χ0n) is 9.28. The van der Waals surface area contributed by atoms with Crippen LogP contribution in [0.15, 0.2) is 55.1 Å². The summed E-state index contributed by atoms with van der Waals surface area (Å²) in [6.07, 6.45) is 1.90. The minimum absolute atomic E-state index is 0.788. The maximum Gasteiger partial charge on any atom is 0.0484 e. The summed E-state index contributed by atoms with van der Waals surface area (Å²) in [7, 11) is 0. The largest absolute Gasteiger partial charge is 0.0984 e. The summed E-state index contributed by atoms with van der Waals surface area (Å²) < 4.78 is 0. The molecule has 0 aliphatic carbocycles. The van der Waals surface area contributed by atoms with Gasteiger partial charge in [-0.15, -0.1) is 0 Å². The number of benzene rings is 3. The molecule has 82 valence electrons. The lowest BCUT2D eigenvalue weighted by Crippen LogP contribution is -1.83. The van der Waals surface area contributed by atoms with Crippen LogP contribution in [0.4, 0.5) is 0 Å². The zero-order chi connectivity index (χ0) is 11.8. The highest BCUT2D eigenvalue weighted by molar-refractivity contribution is 6.36. The molecule has 0 aliphatic heterocycles. The fourth-order valence-electron chi connectivity index (χ4n) is 2.31. The summed E-state index contributed by atoms with van der Waals surface area (Å²) in [5, 5.41) is 5.45. The van der Waals surface area contributed by atoms with Gasteiger partial charge in [-0.05, 0) is 33.9 Å². The van der Waals surface area contributed by atoms with E-state index in [-0.39, 0.29) is 0 Å². The minimum Gasteiger partial charge on any atom is -0.0984 e. The van der Waals surface area contributed by atoms with Gasteiger partial charge in [-0.2, -0.15) is 0 Å². The SMILES string of the molecule is C=Cc1c2ccccc2cc2c(Cl)cccc12. The normalized spacial score (nSPS) is 10.9. The smallest absolute Gasteiger partial charge is 0.0484 e. The van der Waals surface area contributed by atoms with Crippen molar-refractivity contribution in [2.75, 3.05) is 0 Å². The topological polar surface area (TPSA) is 0 Å². The van der Waals surface area contributed by atoms with Crippen molar-refractivity contribution >= 4 is 39.2 Å². The Balaban J connectivity index is 2.63. The van der Waals surface area contributed by atoms with Crippen LogP contribution in [0.3, 0.4) is 0 Å². The van der Waals surface area contributed by atoms with Gasteiger partial charge in [0.25, 0.3) is 0 Å². The molecule has 0 heterocycles. The summed E-state index contributed by atoms with van der Waals surface area (Å²) in [4.78, 5) is 0. The maximum atomic E-state index is 6.25. The molecule has 0 aliphatic rings. The van der Waals surface area contributed by atoms with Crippen molar-refractivity contribution in [3.05, 3.63) is 65.7 Å². The van der Waals surface area contributed by atoms with Crippen LogP contribution in [0, 0.1) is 0 Å². The van der Waals surface area contributed by atoms with Gasteiger partial charge in [0, 0.05) is 10.4 Å². The van der Waals surface area contributed by atoms with Crippen LogP contribution in [0.5, 0.6) is 0 Å². The molecular weight excluding hydrogens is 228 g/mol. The average molecular weight is 239 g/mol. The minimum atomic E-state index is 0.788. The Morgan fingerprint density at radius 1 is 0.882 bits per heavy atom.